The second kappa shape index (κ2) is 15.2. The number of nitrogens with zero attached hydrogens (tertiary/aromatic N) is 5. The fourth-order valence-corrected chi connectivity index (χ4v) is 7.91. The summed E-state index contributed by atoms with van der Waals surface area (Å²) in [6.07, 6.45) is 11.7. The van der Waals surface area contributed by atoms with Crippen LogP contribution in [0.25, 0.3) is 12.2 Å². The molecule has 2 saturated heterocycles. The smallest absolute Gasteiger partial charge is 0.145 e. The molecule has 5 heteroatoms. The molecule has 0 spiro atoms. The third-order valence-corrected chi connectivity index (χ3v) is 11.1. The van der Waals surface area contributed by atoms with Crippen molar-refractivity contribution in [3.05, 3.63) is 123 Å². The molecule has 1 aromatic heterocycles. The standard InChI is InChI=1S/C43H53N5/c1-4-33(3)36-18-20-38(21-19-36)42(37-16-14-32(2)15-17-37)47-28-26-46(27-29-47)31-41-44-40-13-9-8-12-39(40)43(45-41)48-24-22-35(23-25-48)30-34-10-6-5-7-11-34/h5-7,10-21,33,35,42H,4,8-9,22-31H2,1-3H3. The molecular weight excluding hydrogens is 587 g/mol. The first-order valence-corrected chi connectivity index (χ1v) is 18.5. The van der Waals surface area contributed by atoms with Crippen LogP contribution in [0.3, 0.4) is 0 Å². The van der Waals surface area contributed by atoms with E-state index in [1.54, 1.807) is 0 Å². The minimum Gasteiger partial charge on any atom is -0.356 e. The van der Waals surface area contributed by atoms with E-state index in [1.165, 1.54) is 64.5 Å². The summed E-state index contributed by atoms with van der Waals surface area (Å²) >= 11 is 0. The number of anilines is 1. The Morgan fingerprint density at radius 2 is 1.38 bits per heavy atom. The molecule has 0 saturated carbocycles. The predicted octanol–water partition coefficient (Wildman–Crippen LogP) is 7.02. The lowest BCUT2D eigenvalue weighted by Gasteiger charge is -2.40. The summed E-state index contributed by atoms with van der Waals surface area (Å²) in [6.45, 7) is 13.8. The van der Waals surface area contributed by atoms with Gasteiger partial charge in [-0.3, -0.25) is 9.80 Å². The molecule has 2 fully saturated rings. The molecule has 3 aromatic carbocycles. The lowest BCUT2D eigenvalue weighted by Crippen LogP contribution is -2.48. The van der Waals surface area contributed by atoms with E-state index in [-0.39, 0.29) is 6.04 Å². The third kappa shape index (κ3) is 7.58. The van der Waals surface area contributed by atoms with Crippen LogP contribution in [0.4, 0.5) is 5.82 Å². The average Bonchev–Trinajstić information content (AvgIpc) is 3.13. The summed E-state index contributed by atoms with van der Waals surface area (Å²) in [5.74, 6) is 3.48. The Morgan fingerprint density at radius 1 is 0.729 bits per heavy atom. The summed E-state index contributed by atoms with van der Waals surface area (Å²) in [7, 11) is 0. The van der Waals surface area contributed by atoms with E-state index in [4.69, 9.17) is 9.97 Å². The van der Waals surface area contributed by atoms with Gasteiger partial charge in [0.25, 0.3) is 0 Å². The van der Waals surface area contributed by atoms with Crippen LogP contribution in [0.2, 0.25) is 0 Å². The quantitative estimate of drug-likeness (QED) is 0.186. The van der Waals surface area contributed by atoms with Crippen molar-refractivity contribution in [2.45, 2.75) is 77.8 Å². The summed E-state index contributed by atoms with van der Waals surface area (Å²) in [4.78, 5) is 18.3. The molecule has 48 heavy (non-hydrogen) atoms. The first kappa shape index (κ1) is 32.7. The number of aromatic nitrogens is 2. The van der Waals surface area contributed by atoms with Gasteiger partial charge in [-0.25, -0.2) is 9.97 Å². The second-order valence-corrected chi connectivity index (χ2v) is 14.5. The maximum atomic E-state index is 5.31. The van der Waals surface area contributed by atoms with Gasteiger partial charge in [0, 0.05) is 44.5 Å². The number of fused-ring (bicyclic) bond motifs is 1. The van der Waals surface area contributed by atoms with E-state index in [9.17, 15) is 0 Å². The van der Waals surface area contributed by atoms with Crippen molar-refractivity contribution in [2.24, 2.45) is 5.92 Å². The van der Waals surface area contributed by atoms with Crippen LogP contribution in [0, 0.1) is 12.8 Å². The van der Waals surface area contributed by atoms with Gasteiger partial charge in [0.2, 0.25) is 0 Å². The molecule has 7 rings (SSSR count). The van der Waals surface area contributed by atoms with Gasteiger partial charge in [0.15, 0.2) is 0 Å². The van der Waals surface area contributed by atoms with Gasteiger partial charge in [0.1, 0.15) is 11.6 Å². The summed E-state index contributed by atoms with van der Waals surface area (Å²) < 4.78 is 0. The fraction of sp³-hybridized carbons (Fsp3) is 0.442. The van der Waals surface area contributed by atoms with Crippen LogP contribution in [-0.2, 0) is 13.0 Å². The highest BCUT2D eigenvalue weighted by atomic mass is 15.3. The summed E-state index contributed by atoms with van der Waals surface area (Å²) in [5, 5.41) is 2.41. The van der Waals surface area contributed by atoms with Crippen LogP contribution < -0.4 is 15.5 Å². The Morgan fingerprint density at radius 3 is 2.06 bits per heavy atom. The Bertz CT molecular complexity index is 1750. The van der Waals surface area contributed by atoms with Crippen molar-refractivity contribution in [3.63, 3.8) is 0 Å². The van der Waals surface area contributed by atoms with Gasteiger partial charge < -0.3 is 4.90 Å². The topological polar surface area (TPSA) is 35.5 Å². The van der Waals surface area contributed by atoms with Crippen molar-refractivity contribution in [1.82, 2.24) is 19.8 Å². The van der Waals surface area contributed by atoms with E-state index in [0.29, 0.717) is 5.92 Å². The van der Waals surface area contributed by atoms with E-state index >= 15 is 0 Å². The summed E-state index contributed by atoms with van der Waals surface area (Å²) in [5.41, 5.74) is 6.98. The molecule has 4 aromatic rings. The Hall–Kier alpha value is -3.80. The lowest BCUT2D eigenvalue weighted by atomic mass is 9.90. The monoisotopic (exact) mass is 639 g/mol. The van der Waals surface area contributed by atoms with Gasteiger partial charge in [0.05, 0.1) is 17.9 Å². The molecule has 1 aliphatic carbocycles. The van der Waals surface area contributed by atoms with Gasteiger partial charge >= 0.3 is 0 Å². The molecule has 250 valence electrons. The fourth-order valence-electron chi connectivity index (χ4n) is 7.91. The molecular formula is C43H53N5. The highest BCUT2D eigenvalue weighted by Gasteiger charge is 2.28. The zero-order chi connectivity index (χ0) is 32.9. The van der Waals surface area contributed by atoms with Gasteiger partial charge in [-0.05, 0) is 79.5 Å². The van der Waals surface area contributed by atoms with Crippen molar-refractivity contribution < 1.29 is 0 Å². The Balaban J connectivity index is 1.04. The molecule has 3 aliphatic rings. The van der Waals surface area contributed by atoms with Gasteiger partial charge in [-0.2, -0.15) is 0 Å². The van der Waals surface area contributed by atoms with Crippen molar-refractivity contribution in [3.8, 4) is 0 Å². The van der Waals surface area contributed by atoms with E-state index in [1.807, 2.05) is 0 Å². The minimum absolute atomic E-state index is 0.264. The molecule has 0 radical (unpaired) electrons. The van der Waals surface area contributed by atoms with Crippen LogP contribution in [0.15, 0.2) is 78.9 Å². The number of piperidine rings is 1. The molecule has 2 atom stereocenters. The molecule has 0 amide bonds. The highest BCUT2D eigenvalue weighted by molar-refractivity contribution is 5.50. The normalized spacial score (nSPS) is 18.9. The highest BCUT2D eigenvalue weighted by Crippen LogP contribution is 2.32. The van der Waals surface area contributed by atoms with Crippen molar-refractivity contribution >= 4 is 18.0 Å². The van der Waals surface area contributed by atoms with Crippen molar-refractivity contribution in [2.75, 3.05) is 44.2 Å². The second-order valence-electron chi connectivity index (χ2n) is 14.5. The zero-order valence-electron chi connectivity index (χ0n) is 29.3. The lowest BCUT2D eigenvalue weighted by molar-refractivity contribution is 0.103. The SMILES string of the molecule is CCC(C)c1ccc(C(c2ccc(C)cc2)N2CCN(Cc3nc(N4CCC(Cc5ccccc5)CC4)c4c(n3)=CCCC=4)CC2)cc1. The molecule has 5 nitrogen and oxygen atoms in total. The van der Waals surface area contributed by atoms with Crippen LogP contribution in [0.1, 0.15) is 91.6 Å². The largest absolute Gasteiger partial charge is 0.356 e. The Labute approximate surface area is 288 Å². The molecule has 0 N–H and O–H groups in total. The number of piperazine rings is 1. The van der Waals surface area contributed by atoms with Gasteiger partial charge in [-0.15, -0.1) is 0 Å². The minimum atomic E-state index is 0.264. The number of benzene rings is 3. The van der Waals surface area contributed by atoms with E-state index in [2.05, 4.69) is 126 Å². The van der Waals surface area contributed by atoms with Crippen LogP contribution >= 0.6 is 0 Å². The number of aryl methyl sites for hydroxylation is 1. The number of hydrogen-bond donors (Lipinski definition) is 0. The zero-order valence-corrected chi connectivity index (χ0v) is 29.3. The van der Waals surface area contributed by atoms with Gasteiger partial charge in [-0.1, -0.05) is 110 Å². The predicted molar refractivity (Wildman–Crippen MR) is 200 cm³/mol. The maximum absolute atomic E-state index is 5.31. The summed E-state index contributed by atoms with van der Waals surface area (Å²) in [6, 6.07) is 29.9. The average molecular weight is 640 g/mol. The molecule has 3 heterocycles. The van der Waals surface area contributed by atoms with Crippen molar-refractivity contribution in [1.29, 1.82) is 0 Å². The Kier molecular flexibility index (Phi) is 10.3. The molecule has 0 bridgehead atoms. The molecule has 2 aliphatic heterocycles. The first-order chi connectivity index (χ1) is 23.5. The molecule has 2 unspecified atom stereocenters. The maximum Gasteiger partial charge on any atom is 0.145 e. The number of rotatable bonds is 10. The van der Waals surface area contributed by atoms with Crippen LogP contribution in [0.5, 0.6) is 0 Å². The van der Waals surface area contributed by atoms with E-state index < -0.39 is 0 Å². The van der Waals surface area contributed by atoms with Crippen LogP contribution in [-0.4, -0.2) is 59.0 Å². The number of hydrogen-bond acceptors (Lipinski definition) is 5. The third-order valence-electron chi connectivity index (χ3n) is 11.1. The first-order valence-electron chi connectivity index (χ1n) is 18.5. The van der Waals surface area contributed by atoms with E-state index in [0.717, 1.165) is 75.7 Å².